The van der Waals surface area contributed by atoms with Gasteiger partial charge in [0.2, 0.25) is 0 Å². The molecule has 1 heterocycles. The van der Waals surface area contributed by atoms with Crippen LogP contribution in [0, 0.1) is 5.92 Å². The molecule has 0 radical (unpaired) electrons. The average Bonchev–Trinajstić information content (AvgIpc) is 2.73. The van der Waals surface area contributed by atoms with Crippen LogP contribution in [0.25, 0.3) is 0 Å². The van der Waals surface area contributed by atoms with Crippen LogP contribution in [0.15, 0.2) is 54.6 Å². The van der Waals surface area contributed by atoms with Crippen molar-refractivity contribution in [3.63, 3.8) is 0 Å². The molecule has 0 saturated carbocycles. The van der Waals surface area contributed by atoms with Crippen molar-refractivity contribution in [3.8, 4) is 5.75 Å². The minimum atomic E-state index is -0.226. The van der Waals surface area contributed by atoms with Gasteiger partial charge in [-0.15, -0.1) is 0 Å². The first-order chi connectivity index (χ1) is 13.2. The van der Waals surface area contributed by atoms with E-state index < -0.39 is 0 Å². The molecular weight excluding hydrogens is 342 g/mol. The van der Waals surface area contributed by atoms with Crippen LogP contribution in [-0.2, 0) is 16.1 Å². The highest BCUT2D eigenvalue weighted by atomic mass is 16.5. The van der Waals surface area contributed by atoms with Gasteiger partial charge in [-0.05, 0) is 49.6 Å². The zero-order valence-corrected chi connectivity index (χ0v) is 15.6. The summed E-state index contributed by atoms with van der Waals surface area (Å²) >= 11 is 0. The highest BCUT2D eigenvalue weighted by molar-refractivity contribution is 5.94. The molecule has 1 amide bonds. The van der Waals surface area contributed by atoms with Crippen LogP contribution >= 0.6 is 0 Å². The SMILES string of the molecule is CCOC(=O)C1CCCN(C(=O)c2ccc(OCc3ccccc3)cc2)C1. The van der Waals surface area contributed by atoms with E-state index >= 15 is 0 Å². The maximum Gasteiger partial charge on any atom is 0.310 e. The quantitative estimate of drug-likeness (QED) is 0.731. The molecule has 0 aliphatic carbocycles. The number of hydrogen-bond acceptors (Lipinski definition) is 4. The van der Waals surface area contributed by atoms with Crippen molar-refractivity contribution in [1.29, 1.82) is 0 Å². The van der Waals surface area contributed by atoms with E-state index in [-0.39, 0.29) is 17.8 Å². The summed E-state index contributed by atoms with van der Waals surface area (Å²) in [6, 6.07) is 17.1. The molecule has 0 bridgehead atoms. The van der Waals surface area contributed by atoms with Crippen LogP contribution in [0.1, 0.15) is 35.7 Å². The number of rotatable bonds is 6. The standard InChI is InChI=1S/C22H25NO4/c1-2-26-22(25)19-9-6-14-23(15-19)21(24)18-10-12-20(13-11-18)27-16-17-7-4-3-5-8-17/h3-5,7-8,10-13,19H,2,6,9,14-16H2,1H3. The van der Waals surface area contributed by atoms with E-state index in [1.54, 1.807) is 24.0 Å². The van der Waals surface area contributed by atoms with E-state index in [2.05, 4.69) is 0 Å². The Hall–Kier alpha value is -2.82. The number of benzene rings is 2. The second-order valence-corrected chi connectivity index (χ2v) is 6.64. The van der Waals surface area contributed by atoms with Gasteiger partial charge in [0.1, 0.15) is 12.4 Å². The fraction of sp³-hybridized carbons (Fsp3) is 0.364. The van der Waals surface area contributed by atoms with Gasteiger partial charge in [-0.1, -0.05) is 30.3 Å². The van der Waals surface area contributed by atoms with Gasteiger partial charge in [-0.2, -0.15) is 0 Å². The molecule has 5 heteroatoms. The molecule has 1 aliphatic heterocycles. The van der Waals surface area contributed by atoms with E-state index in [1.165, 1.54) is 0 Å². The first kappa shape index (κ1) is 19.0. The van der Waals surface area contributed by atoms with Crippen LogP contribution in [0.4, 0.5) is 0 Å². The van der Waals surface area contributed by atoms with Gasteiger partial charge < -0.3 is 14.4 Å². The van der Waals surface area contributed by atoms with E-state index in [9.17, 15) is 9.59 Å². The molecule has 1 fully saturated rings. The summed E-state index contributed by atoms with van der Waals surface area (Å²) in [5, 5.41) is 0. The lowest BCUT2D eigenvalue weighted by Gasteiger charge is -2.31. The highest BCUT2D eigenvalue weighted by Gasteiger charge is 2.29. The molecule has 1 aliphatic rings. The number of amides is 1. The van der Waals surface area contributed by atoms with E-state index in [0.29, 0.717) is 31.9 Å². The van der Waals surface area contributed by atoms with Gasteiger partial charge in [-0.25, -0.2) is 0 Å². The number of likely N-dealkylation sites (tertiary alicyclic amines) is 1. The van der Waals surface area contributed by atoms with Crippen LogP contribution in [0.2, 0.25) is 0 Å². The first-order valence-corrected chi connectivity index (χ1v) is 9.40. The largest absolute Gasteiger partial charge is 0.489 e. The van der Waals surface area contributed by atoms with Crippen molar-refractivity contribution in [2.24, 2.45) is 5.92 Å². The molecule has 1 saturated heterocycles. The third-order valence-electron chi connectivity index (χ3n) is 4.68. The Balaban J connectivity index is 1.57. The number of carbonyl (C=O) groups excluding carboxylic acids is 2. The Bertz CT molecular complexity index is 758. The number of piperidine rings is 1. The summed E-state index contributed by atoms with van der Waals surface area (Å²) < 4.78 is 10.9. The number of hydrogen-bond donors (Lipinski definition) is 0. The second kappa shape index (κ2) is 9.21. The van der Waals surface area contributed by atoms with Crippen molar-refractivity contribution in [3.05, 3.63) is 65.7 Å². The molecule has 27 heavy (non-hydrogen) atoms. The maximum absolute atomic E-state index is 12.7. The molecule has 1 atom stereocenters. The lowest BCUT2D eigenvalue weighted by atomic mass is 9.97. The minimum Gasteiger partial charge on any atom is -0.489 e. The van der Waals surface area contributed by atoms with Crippen LogP contribution < -0.4 is 4.74 Å². The topological polar surface area (TPSA) is 55.8 Å². The number of carbonyl (C=O) groups is 2. The van der Waals surface area contributed by atoms with Crippen LogP contribution in [-0.4, -0.2) is 36.5 Å². The third kappa shape index (κ3) is 5.09. The van der Waals surface area contributed by atoms with Gasteiger partial charge in [0.25, 0.3) is 5.91 Å². The van der Waals surface area contributed by atoms with Crippen molar-refractivity contribution >= 4 is 11.9 Å². The summed E-state index contributed by atoms with van der Waals surface area (Å²) in [7, 11) is 0. The van der Waals surface area contributed by atoms with E-state index in [0.717, 1.165) is 24.2 Å². The maximum atomic E-state index is 12.7. The molecule has 3 rings (SSSR count). The second-order valence-electron chi connectivity index (χ2n) is 6.64. The van der Waals surface area contributed by atoms with Gasteiger partial charge in [-0.3, -0.25) is 9.59 Å². The summed E-state index contributed by atoms with van der Waals surface area (Å²) in [5.74, 6) is 0.229. The number of nitrogens with zero attached hydrogens (tertiary/aromatic N) is 1. The monoisotopic (exact) mass is 367 g/mol. The van der Waals surface area contributed by atoms with Crippen LogP contribution in [0.3, 0.4) is 0 Å². The van der Waals surface area contributed by atoms with Gasteiger partial charge in [0, 0.05) is 18.7 Å². The smallest absolute Gasteiger partial charge is 0.310 e. The molecule has 0 spiro atoms. The Kier molecular flexibility index (Phi) is 6.47. The lowest BCUT2D eigenvalue weighted by Crippen LogP contribution is -2.42. The van der Waals surface area contributed by atoms with Gasteiger partial charge in [0.15, 0.2) is 0 Å². The van der Waals surface area contributed by atoms with E-state index in [4.69, 9.17) is 9.47 Å². The lowest BCUT2D eigenvalue weighted by molar-refractivity contribution is -0.149. The molecule has 1 unspecified atom stereocenters. The molecule has 0 aromatic heterocycles. The fourth-order valence-electron chi connectivity index (χ4n) is 3.23. The summed E-state index contributed by atoms with van der Waals surface area (Å²) in [4.78, 5) is 26.4. The summed E-state index contributed by atoms with van der Waals surface area (Å²) in [5.41, 5.74) is 1.70. The molecule has 0 N–H and O–H groups in total. The minimum absolute atomic E-state index is 0.0568. The molecular formula is C22H25NO4. The summed E-state index contributed by atoms with van der Waals surface area (Å²) in [6.07, 6.45) is 1.59. The number of esters is 1. The summed E-state index contributed by atoms with van der Waals surface area (Å²) in [6.45, 7) is 3.74. The molecule has 142 valence electrons. The van der Waals surface area contributed by atoms with E-state index in [1.807, 2.05) is 42.5 Å². The Morgan fingerprint density at radius 1 is 1.07 bits per heavy atom. The zero-order chi connectivity index (χ0) is 19.1. The predicted octanol–water partition coefficient (Wildman–Crippen LogP) is 3.68. The van der Waals surface area contributed by atoms with Gasteiger partial charge >= 0.3 is 5.97 Å². The molecule has 2 aromatic carbocycles. The molecule has 2 aromatic rings. The van der Waals surface area contributed by atoms with Crippen molar-refractivity contribution in [2.75, 3.05) is 19.7 Å². The predicted molar refractivity (Wildman–Crippen MR) is 102 cm³/mol. The fourth-order valence-corrected chi connectivity index (χ4v) is 3.23. The van der Waals surface area contributed by atoms with Crippen molar-refractivity contribution in [1.82, 2.24) is 4.90 Å². The third-order valence-corrected chi connectivity index (χ3v) is 4.68. The zero-order valence-electron chi connectivity index (χ0n) is 15.6. The van der Waals surface area contributed by atoms with Crippen molar-refractivity contribution < 1.29 is 19.1 Å². The van der Waals surface area contributed by atoms with Gasteiger partial charge in [0.05, 0.1) is 12.5 Å². The Labute approximate surface area is 159 Å². The molecule has 5 nitrogen and oxygen atoms in total. The average molecular weight is 367 g/mol. The highest BCUT2D eigenvalue weighted by Crippen LogP contribution is 2.21. The van der Waals surface area contributed by atoms with Crippen LogP contribution in [0.5, 0.6) is 5.75 Å². The number of ether oxygens (including phenoxy) is 2. The normalized spacial score (nSPS) is 16.6. The first-order valence-electron chi connectivity index (χ1n) is 9.40. The van der Waals surface area contributed by atoms with Crippen molar-refractivity contribution in [2.45, 2.75) is 26.4 Å². The Morgan fingerprint density at radius 2 is 1.81 bits per heavy atom. The Morgan fingerprint density at radius 3 is 2.52 bits per heavy atom.